The second-order valence-corrected chi connectivity index (χ2v) is 4.55. The molecule has 2 aromatic carbocycles. The number of methoxy groups -OCH3 is 3. The van der Waals surface area contributed by atoms with E-state index in [0.29, 0.717) is 23.0 Å². The van der Waals surface area contributed by atoms with Gasteiger partial charge < -0.3 is 18.9 Å². The minimum atomic E-state index is -0.479. The van der Waals surface area contributed by atoms with Gasteiger partial charge in [0.1, 0.15) is 11.5 Å². The van der Waals surface area contributed by atoms with Gasteiger partial charge in [-0.2, -0.15) is 0 Å². The first kappa shape index (κ1) is 16.4. The Morgan fingerprint density at radius 2 is 1.61 bits per heavy atom. The molecule has 0 amide bonds. The van der Waals surface area contributed by atoms with Gasteiger partial charge >= 0.3 is 5.97 Å². The monoisotopic (exact) mass is 314 g/mol. The highest BCUT2D eigenvalue weighted by molar-refractivity contribution is 5.88. The summed E-state index contributed by atoms with van der Waals surface area (Å²) in [4.78, 5) is 11.9. The summed E-state index contributed by atoms with van der Waals surface area (Å²) in [5, 5.41) is 0. The summed E-state index contributed by atoms with van der Waals surface area (Å²) in [5.41, 5.74) is 0.797. The first-order chi connectivity index (χ1) is 11.2. The molecule has 0 aliphatic heterocycles. The molecule has 0 aliphatic carbocycles. The maximum Gasteiger partial charge on any atom is 0.336 e. The quantitative estimate of drug-likeness (QED) is 0.465. The first-order valence-corrected chi connectivity index (χ1v) is 6.92. The van der Waals surface area contributed by atoms with E-state index in [1.54, 1.807) is 63.8 Å². The molecule has 0 heterocycles. The number of ether oxygens (including phenoxy) is 4. The zero-order chi connectivity index (χ0) is 16.7. The van der Waals surface area contributed by atoms with Gasteiger partial charge in [-0.1, -0.05) is 12.1 Å². The van der Waals surface area contributed by atoms with Gasteiger partial charge in [0.25, 0.3) is 0 Å². The van der Waals surface area contributed by atoms with E-state index in [1.165, 1.54) is 6.08 Å². The van der Waals surface area contributed by atoms with E-state index in [-0.39, 0.29) is 0 Å². The van der Waals surface area contributed by atoms with E-state index in [1.807, 2.05) is 6.07 Å². The van der Waals surface area contributed by atoms with Crippen LogP contribution in [0.15, 0.2) is 48.5 Å². The summed E-state index contributed by atoms with van der Waals surface area (Å²) >= 11 is 0. The van der Waals surface area contributed by atoms with Crippen LogP contribution in [0.25, 0.3) is 6.08 Å². The molecule has 0 spiro atoms. The molecule has 0 atom stereocenters. The third-order valence-electron chi connectivity index (χ3n) is 3.08. The number of carbonyl (C=O) groups excluding carboxylic acids is 1. The smallest absolute Gasteiger partial charge is 0.336 e. The Kier molecular flexibility index (Phi) is 5.63. The minimum Gasteiger partial charge on any atom is -0.497 e. The van der Waals surface area contributed by atoms with E-state index >= 15 is 0 Å². The van der Waals surface area contributed by atoms with E-state index in [0.717, 1.165) is 5.56 Å². The third kappa shape index (κ3) is 4.51. The van der Waals surface area contributed by atoms with Gasteiger partial charge in [0.2, 0.25) is 0 Å². The van der Waals surface area contributed by atoms with Crippen molar-refractivity contribution in [2.45, 2.75) is 0 Å². The van der Waals surface area contributed by atoms with Gasteiger partial charge in [0.15, 0.2) is 11.5 Å². The van der Waals surface area contributed by atoms with Gasteiger partial charge in [-0.05, 0) is 35.9 Å². The van der Waals surface area contributed by atoms with Crippen molar-refractivity contribution in [1.29, 1.82) is 0 Å². The fourth-order valence-corrected chi connectivity index (χ4v) is 1.94. The Morgan fingerprint density at radius 1 is 0.870 bits per heavy atom. The van der Waals surface area contributed by atoms with Gasteiger partial charge in [0, 0.05) is 12.1 Å². The number of carbonyl (C=O) groups is 1. The molecule has 120 valence electrons. The van der Waals surface area contributed by atoms with Crippen molar-refractivity contribution in [1.82, 2.24) is 0 Å². The Morgan fingerprint density at radius 3 is 2.30 bits per heavy atom. The van der Waals surface area contributed by atoms with Gasteiger partial charge in [-0.25, -0.2) is 4.79 Å². The van der Waals surface area contributed by atoms with E-state index in [4.69, 9.17) is 18.9 Å². The molecule has 0 aliphatic rings. The number of esters is 1. The van der Waals surface area contributed by atoms with Crippen molar-refractivity contribution in [2.75, 3.05) is 21.3 Å². The molecule has 5 heteroatoms. The Labute approximate surface area is 135 Å². The molecule has 0 saturated heterocycles. The molecular weight excluding hydrogens is 296 g/mol. The van der Waals surface area contributed by atoms with Crippen LogP contribution in [0, 0.1) is 0 Å². The van der Waals surface area contributed by atoms with E-state index < -0.39 is 5.97 Å². The van der Waals surface area contributed by atoms with Crippen LogP contribution in [0.3, 0.4) is 0 Å². The van der Waals surface area contributed by atoms with Gasteiger partial charge in [-0.15, -0.1) is 0 Å². The van der Waals surface area contributed by atoms with E-state index in [9.17, 15) is 4.79 Å². The van der Waals surface area contributed by atoms with Crippen LogP contribution in [0.2, 0.25) is 0 Å². The Bertz CT molecular complexity index is 706. The molecule has 0 aromatic heterocycles. The summed E-state index contributed by atoms with van der Waals surface area (Å²) in [6, 6.07) is 12.2. The highest BCUT2D eigenvalue weighted by atomic mass is 16.5. The Balaban J connectivity index is 2.05. The third-order valence-corrected chi connectivity index (χ3v) is 3.08. The first-order valence-electron chi connectivity index (χ1n) is 6.92. The molecule has 0 bridgehead atoms. The number of hydrogen-bond donors (Lipinski definition) is 0. The molecule has 0 N–H and O–H groups in total. The molecule has 5 nitrogen and oxygen atoms in total. The van der Waals surface area contributed by atoms with Crippen LogP contribution >= 0.6 is 0 Å². The van der Waals surface area contributed by atoms with Crippen molar-refractivity contribution < 1.29 is 23.7 Å². The van der Waals surface area contributed by atoms with Crippen molar-refractivity contribution >= 4 is 12.0 Å². The molecule has 0 saturated carbocycles. The lowest BCUT2D eigenvalue weighted by Gasteiger charge is -2.07. The largest absolute Gasteiger partial charge is 0.497 e. The van der Waals surface area contributed by atoms with Crippen LogP contribution < -0.4 is 18.9 Å². The van der Waals surface area contributed by atoms with E-state index in [2.05, 4.69) is 0 Å². The maximum absolute atomic E-state index is 11.9. The number of rotatable bonds is 6. The van der Waals surface area contributed by atoms with Crippen LogP contribution in [-0.4, -0.2) is 27.3 Å². The summed E-state index contributed by atoms with van der Waals surface area (Å²) < 4.78 is 20.7. The highest BCUT2D eigenvalue weighted by Gasteiger charge is 2.04. The fourth-order valence-electron chi connectivity index (χ4n) is 1.94. The molecule has 2 rings (SSSR count). The summed E-state index contributed by atoms with van der Waals surface area (Å²) in [5.74, 6) is 1.79. The van der Waals surface area contributed by atoms with Crippen LogP contribution in [-0.2, 0) is 4.79 Å². The van der Waals surface area contributed by atoms with Gasteiger partial charge in [0.05, 0.1) is 21.3 Å². The van der Waals surface area contributed by atoms with Crippen molar-refractivity contribution in [3.63, 3.8) is 0 Å². The lowest BCUT2D eigenvalue weighted by atomic mass is 10.2. The summed E-state index contributed by atoms with van der Waals surface area (Å²) in [7, 11) is 4.68. The molecule has 0 radical (unpaired) electrons. The fraction of sp³-hybridized carbons (Fsp3) is 0.167. The average Bonchev–Trinajstić information content (AvgIpc) is 2.59. The van der Waals surface area contributed by atoms with Crippen molar-refractivity contribution in [3.05, 3.63) is 54.1 Å². The topological polar surface area (TPSA) is 54.0 Å². The zero-order valence-corrected chi connectivity index (χ0v) is 13.2. The molecule has 0 unspecified atom stereocenters. The molecular formula is C18H18O5. The highest BCUT2D eigenvalue weighted by Crippen LogP contribution is 2.28. The SMILES string of the molecule is COc1cccc(OC(=O)/C=C/c2ccc(OC)c(OC)c2)c1. The molecule has 2 aromatic rings. The standard InChI is InChI=1S/C18H18O5/c1-20-14-5-4-6-15(12-14)23-18(19)10-8-13-7-9-16(21-2)17(11-13)22-3/h4-12H,1-3H3/b10-8+. The predicted octanol–water partition coefficient (Wildman–Crippen LogP) is 3.33. The summed E-state index contributed by atoms with van der Waals surface area (Å²) in [6.45, 7) is 0. The Hall–Kier alpha value is -2.95. The van der Waals surface area contributed by atoms with Crippen molar-refractivity contribution in [2.24, 2.45) is 0 Å². The second kappa shape index (κ2) is 7.89. The zero-order valence-electron chi connectivity index (χ0n) is 13.2. The minimum absolute atomic E-state index is 0.423. The predicted molar refractivity (Wildman–Crippen MR) is 87.2 cm³/mol. The van der Waals surface area contributed by atoms with Crippen LogP contribution in [0.4, 0.5) is 0 Å². The van der Waals surface area contributed by atoms with Crippen LogP contribution in [0.1, 0.15) is 5.56 Å². The number of benzene rings is 2. The molecule has 0 fully saturated rings. The van der Waals surface area contributed by atoms with Crippen LogP contribution in [0.5, 0.6) is 23.0 Å². The lowest BCUT2D eigenvalue weighted by Crippen LogP contribution is -2.03. The lowest BCUT2D eigenvalue weighted by molar-refractivity contribution is -0.128. The average molecular weight is 314 g/mol. The maximum atomic E-state index is 11.9. The number of hydrogen-bond acceptors (Lipinski definition) is 5. The normalized spacial score (nSPS) is 10.4. The van der Waals surface area contributed by atoms with Gasteiger partial charge in [-0.3, -0.25) is 0 Å². The second-order valence-electron chi connectivity index (χ2n) is 4.55. The van der Waals surface area contributed by atoms with Crippen molar-refractivity contribution in [3.8, 4) is 23.0 Å². The molecule has 23 heavy (non-hydrogen) atoms. The summed E-state index contributed by atoms with van der Waals surface area (Å²) in [6.07, 6.45) is 2.99.